The number of ether oxygens (including phenoxy) is 2. The molecular weight excluding hydrogens is 384 g/mol. The van der Waals surface area contributed by atoms with Gasteiger partial charge in [-0.1, -0.05) is 18.2 Å². The number of esters is 1. The molecule has 0 aliphatic carbocycles. The van der Waals surface area contributed by atoms with Gasteiger partial charge in [-0.3, -0.25) is 4.79 Å². The second-order valence-corrected chi connectivity index (χ2v) is 7.99. The SMILES string of the molecule is COc1ccc(S(N)(=O)=O)cc1C(=O)OCC(=O)N1c2ccccc2CC1C. The van der Waals surface area contributed by atoms with Crippen molar-refractivity contribution in [2.24, 2.45) is 5.14 Å². The molecular formula is C19H20N2O6S. The molecule has 0 aromatic heterocycles. The summed E-state index contributed by atoms with van der Waals surface area (Å²) in [7, 11) is -2.68. The highest BCUT2D eigenvalue weighted by Crippen LogP contribution is 2.32. The lowest BCUT2D eigenvalue weighted by Crippen LogP contribution is -2.38. The van der Waals surface area contributed by atoms with E-state index in [1.807, 2.05) is 31.2 Å². The molecule has 1 unspecified atom stereocenters. The maximum absolute atomic E-state index is 12.6. The number of nitrogens with zero attached hydrogens (tertiary/aromatic N) is 1. The first kappa shape index (κ1) is 19.8. The second kappa shape index (κ2) is 7.61. The number of methoxy groups -OCH3 is 1. The van der Waals surface area contributed by atoms with Crippen LogP contribution in [0.5, 0.6) is 5.75 Å². The van der Waals surface area contributed by atoms with Gasteiger partial charge in [0.1, 0.15) is 11.3 Å². The Kier molecular flexibility index (Phi) is 5.39. The van der Waals surface area contributed by atoms with Crippen LogP contribution in [0, 0.1) is 0 Å². The minimum Gasteiger partial charge on any atom is -0.496 e. The van der Waals surface area contributed by atoms with Crippen molar-refractivity contribution in [1.82, 2.24) is 0 Å². The zero-order valence-electron chi connectivity index (χ0n) is 15.4. The van der Waals surface area contributed by atoms with E-state index in [0.717, 1.165) is 23.7 Å². The maximum Gasteiger partial charge on any atom is 0.342 e. The van der Waals surface area contributed by atoms with Gasteiger partial charge in [-0.25, -0.2) is 18.4 Å². The van der Waals surface area contributed by atoms with E-state index in [1.54, 1.807) is 4.90 Å². The summed E-state index contributed by atoms with van der Waals surface area (Å²) >= 11 is 0. The summed E-state index contributed by atoms with van der Waals surface area (Å²) in [6, 6.07) is 11.1. The smallest absolute Gasteiger partial charge is 0.342 e. The molecule has 2 aromatic carbocycles. The first-order valence-corrected chi connectivity index (χ1v) is 10.0. The minimum absolute atomic E-state index is 0.0520. The van der Waals surface area contributed by atoms with Crippen LogP contribution in [0.3, 0.4) is 0 Å². The van der Waals surface area contributed by atoms with Gasteiger partial charge in [-0.2, -0.15) is 0 Å². The topological polar surface area (TPSA) is 116 Å². The summed E-state index contributed by atoms with van der Waals surface area (Å²) in [6.45, 7) is 1.43. The van der Waals surface area contributed by atoms with Crippen molar-refractivity contribution in [3.8, 4) is 5.75 Å². The number of carbonyl (C=O) groups excluding carboxylic acids is 2. The Hall–Kier alpha value is -2.91. The standard InChI is InChI=1S/C19H20N2O6S/c1-12-9-13-5-3-4-6-16(13)21(12)18(22)11-27-19(23)15-10-14(28(20,24)25)7-8-17(15)26-2/h3-8,10,12H,9,11H2,1-2H3,(H2,20,24,25). The molecule has 9 heteroatoms. The summed E-state index contributed by atoms with van der Waals surface area (Å²) in [5.74, 6) is -1.13. The number of carbonyl (C=O) groups is 2. The molecule has 0 spiro atoms. The Morgan fingerprint density at radius 2 is 1.93 bits per heavy atom. The van der Waals surface area contributed by atoms with Crippen molar-refractivity contribution < 1.29 is 27.5 Å². The number of hydrogen-bond donors (Lipinski definition) is 1. The molecule has 0 saturated heterocycles. The van der Waals surface area contributed by atoms with Crippen molar-refractivity contribution in [3.05, 3.63) is 53.6 Å². The fraction of sp³-hybridized carbons (Fsp3) is 0.263. The highest BCUT2D eigenvalue weighted by Gasteiger charge is 2.31. The van der Waals surface area contributed by atoms with Crippen molar-refractivity contribution in [3.63, 3.8) is 0 Å². The number of hydrogen-bond acceptors (Lipinski definition) is 6. The Morgan fingerprint density at radius 3 is 2.61 bits per heavy atom. The van der Waals surface area contributed by atoms with Gasteiger partial charge < -0.3 is 14.4 Å². The van der Waals surface area contributed by atoms with Crippen LogP contribution in [0.4, 0.5) is 5.69 Å². The molecule has 0 bridgehead atoms. The molecule has 1 atom stereocenters. The highest BCUT2D eigenvalue weighted by atomic mass is 32.2. The van der Waals surface area contributed by atoms with Gasteiger partial charge in [0.2, 0.25) is 10.0 Å². The summed E-state index contributed by atoms with van der Waals surface area (Å²) in [6.07, 6.45) is 0.722. The van der Waals surface area contributed by atoms with Gasteiger partial charge in [-0.05, 0) is 43.2 Å². The number of para-hydroxylation sites is 1. The Morgan fingerprint density at radius 1 is 1.21 bits per heavy atom. The third-order valence-corrected chi connectivity index (χ3v) is 5.43. The van der Waals surface area contributed by atoms with Crippen LogP contribution >= 0.6 is 0 Å². The highest BCUT2D eigenvalue weighted by molar-refractivity contribution is 7.89. The average molecular weight is 404 g/mol. The normalized spacial score (nSPS) is 15.8. The van der Waals surface area contributed by atoms with Crippen molar-refractivity contribution in [2.75, 3.05) is 18.6 Å². The number of nitrogens with two attached hydrogens (primary N) is 1. The van der Waals surface area contributed by atoms with Gasteiger partial charge in [0, 0.05) is 11.7 Å². The molecule has 1 aliphatic rings. The first-order valence-electron chi connectivity index (χ1n) is 8.50. The van der Waals surface area contributed by atoms with Crippen LogP contribution < -0.4 is 14.8 Å². The lowest BCUT2D eigenvalue weighted by molar-refractivity contribution is -0.122. The molecule has 0 saturated carbocycles. The number of amides is 1. The first-order chi connectivity index (χ1) is 13.2. The minimum atomic E-state index is -4.01. The van der Waals surface area contributed by atoms with Crippen LogP contribution in [-0.4, -0.2) is 40.1 Å². The number of fused-ring (bicyclic) bond motifs is 1. The number of anilines is 1. The van der Waals surface area contributed by atoms with Gasteiger partial charge in [0.05, 0.1) is 12.0 Å². The average Bonchev–Trinajstić information content (AvgIpc) is 3.00. The van der Waals surface area contributed by atoms with Crippen LogP contribution in [0.25, 0.3) is 0 Å². The molecule has 0 radical (unpaired) electrons. The molecule has 3 rings (SSSR count). The van der Waals surface area contributed by atoms with E-state index in [4.69, 9.17) is 14.6 Å². The number of sulfonamides is 1. The number of benzene rings is 2. The predicted octanol–water partition coefficient (Wildman–Crippen LogP) is 1.48. The summed E-state index contributed by atoms with van der Waals surface area (Å²) in [4.78, 5) is 26.4. The number of primary sulfonamides is 1. The van der Waals surface area contributed by atoms with E-state index in [-0.39, 0.29) is 28.2 Å². The van der Waals surface area contributed by atoms with E-state index in [0.29, 0.717) is 0 Å². The Balaban J connectivity index is 1.77. The summed E-state index contributed by atoms with van der Waals surface area (Å²) < 4.78 is 33.3. The van der Waals surface area contributed by atoms with Gasteiger partial charge in [-0.15, -0.1) is 0 Å². The van der Waals surface area contributed by atoms with E-state index < -0.39 is 22.6 Å². The Bertz CT molecular complexity index is 1030. The van der Waals surface area contributed by atoms with E-state index in [2.05, 4.69) is 0 Å². The van der Waals surface area contributed by atoms with Crippen LogP contribution in [0.2, 0.25) is 0 Å². The van der Waals surface area contributed by atoms with Gasteiger partial charge in [0.15, 0.2) is 6.61 Å². The Labute approximate surface area is 162 Å². The summed E-state index contributed by atoms with van der Waals surface area (Å²) in [5.41, 5.74) is 1.72. The molecule has 28 heavy (non-hydrogen) atoms. The third kappa shape index (κ3) is 3.85. The molecule has 8 nitrogen and oxygen atoms in total. The van der Waals surface area contributed by atoms with Gasteiger partial charge in [0.25, 0.3) is 5.91 Å². The maximum atomic E-state index is 12.6. The summed E-state index contributed by atoms with van der Waals surface area (Å²) in [5, 5.41) is 5.10. The fourth-order valence-electron chi connectivity index (χ4n) is 3.24. The van der Waals surface area contributed by atoms with Crippen LogP contribution in [-0.2, 0) is 26.0 Å². The van der Waals surface area contributed by atoms with E-state index in [9.17, 15) is 18.0 Å². The molecule has 2 aromatic rings. The quantitative estimate of drug-likeness (QED) is 0.755. The molecule has 148 valence electrons. The molecule has 1 aliphatic heterocycles. The van der Waals surface area contributed by atoms with Gasteiger partial charge >= 0.3 is 5.97 Å². The van der Waals surface area contributed by atoms with Crippen molar-refractivity contribution >= 4 is 27.6 Å². The number of rotatable bonds is 5. The van der Waals surface area contributed by atoms with Crippen LogP contribution in [0.1, 0.15) is 22.8 Å². The van der Waals surface area contributed by atoms with Crippen molar-refractivity contribution in [2.45, 2.75) is 24.3 Å². The van der Waals surface area contributed by atoms with E-state index >= 15 is 0 Å². The molecule has 0 fully saturated rings. The molecule has 2 N–H and O–H groups in total. The predicted molar refractivity (Wildman–Crippen MR) is 102 cm³/mol. The monoisotopic (exact) mass is 404 g/mol. The van der Waals surface area contributed by atoms with Crippen molar-refractivity contribution in [1.29, 1.82) is 0 Å². The van der Waals surface area contributed by atoms with E-state index in [1.165, 1.54) is 19.2 Å². The lowest BCUT2D eigenvalue weighted by Gasteiger charge is -2.22. The zero-order valence-corrected chi connectivity index (χ0v) is 16.2. The fourth-order valence-corrected chi connectivity index (χ4v) is 3.78. The lowest BCUT2D eigenvalue weighted by atomic mass is 10.1. The second-order valence-electron chi connectivity index (χ2n) is 6.43. The zero-order chi connectivity index (χ0) is 20.5. The third-order valence-electron chi connectivity index (χ3n) is 4.52. The molecule has 1 heterocycles. The molecule has 1 amide bonds. The van der Waals surface area contributed by atoms with Crippen LogP contribution in [0.15, 0.2) is 47.4 Å². The largest absolute Gasteiger partial charge is 0.496 e.